The van der Waals surface area contributed by atoms with Gasteiger partial charge >= 0.3 is 0 Å². The normalized spacial score (nSPS) is 23.8. The summed E-state index contributed by atoms with van der Waals surface area (Å²) >= 11 is 2.19. The molecule has 118 valence electrons. The first kappa shape index (κ1) is 18.2. The molecule has 0 aliphatic heterocycles. The summed E-state index contributed by atoms with van der Waals surface area (Å²) in [6, 6.07) is -0.142. The van der Waals surface area contributed by atoms with Crippen molar-refractivity contribution in [2.75, 3.05) is 0 Å². The second kappa shape index (κ2) is 6.53. The van der Waals surface area contributed by atoms with E-state index in [0.717, 1.165) is 19.3 Å². The van der Waals surface area contributed by atoms with Crippen LogP contribution in [0.4, 0.5) is 0 Å². The van der Waals surface area contributed by atoms with E-state index >= 15 is 0 Å². The third-order valence-electron chi connectivity index (χ3n) is 4.75. The molecule has 0 aromatic heterocycles. The van der Waals surface area contributed by atoms with E-state index in [1.807, 2.05) is 6.92 Å². The van der Waals surface area contributed by atoms with Crippen LogP contribution in [0.5, 0.6) is 0 Å². The molecular weight excluding hydrogens is 363 g/mol. The molecule has 0 heterocycles. The maximum Gasteiger partial charge on any atom is 0.140 e. The minimum atomic E-state index is -0.706. The minimum absolute atomic E-state index is 0.0688. The van der Waals surface area contributed by atoms with Gasteiger partial charge < -0.3 is 16.2 Å². The lowest BCUT2D eigenvalue weighted by Crippen LogP contribution is -2.55. The predicted octanol–water partition coefficient (Wildman–Crippen LogP) is 4.09. The molecule has 1 rings (SSSR count). The first-order chi connectivity index (χ1) is 9.07. The van der Waals surface area contributed by atoms with Gasteiger partial charge in [-0.05, 0) is 32.1 Å². The van der Waals surface area contributed by atoms with Crippen molar-refractivity contribution >= 4 is 22.6 Å². The van der Waals surface area contributed by atoms with Gasteiger partial charge in [-0.15, -0.1) is 0 Å². The summed E-state index contributed by atoms with van der Waals surface area (Å²) in [5.74, 6) is 0.629. The molecule has 0 radical (unpaired) electrons. The fourth-order valence-electron chi connectivity index (χ4n) is 2.95. The molecule has 1 aliphatic carbocycles. The average molecular weight is 394 g/mol. The lowest BCUT2D eigenvalue weighted by Gasteiger charge is -2.49. The predicted molar refractivity (Wildman–Crippen MR) is 94.7 cm³/mol. The molecule has 2 unspecified atom stereocenters. The van der Waals surface area contributed by atoms with E-state index in [9.17, 15) is 0 Å². The van der Waals surface area contributed by atoms with Gasteiger partial charge in [0.05, 0.1) is 0 Å². The molecule has 0 aromatic carbocycles. The maximum atomic E-state index is 6.42. The first-order valence-electron chi connectivity index (χ1n) is 7.68. The van der Waals surface area contributed by atoms with Gasteiger partial charge in [0.15, 0.2) is 0 Å². The van der Waals surface area contributed by atoms with Crippen LogP contribution in [0.3, 0.4) is 0 Å². The molecule has 0 amide bonds. The van der Waals surface area contributed by atoms with Crippen LogP contribution in [0.1, 0.15) is 66.2 Å². The van der Waals surface area contributed by atoms with Crippen LogP contribution in [0.25, 0.3) is 0 Å². The number of nitrogens with two attached hydrogens (primary N) is 2. The summed E-state index contributed by atoms with van der Waals surface area (Å²) in [6.45, 7) is 12.9. The molecule has 0 bridgehead atoms. The largest absolute Gasteiger partial charge is 0.489 e. The second-order valence-corrected chi connectivity index (χ2v) is 8.90. The van der Waals surface area contributed by atoms with Gasteiger partial charge in [0.25, 0.3) is 0 Å². The average Bonchev–Trinajstić information content (AvgIpc) is 2.37. The molecule has 1 aliphatic rings. The Labute approximate surface area is 138 Å². The minimum Gasteiger partial charge on any atom is -0.489 e. The van der Waals surface area contributed by atoms with Crippen LogP contribution in [-0.2, 0) is 4.74 Å². The molecule has 2 atom stereocenters. The summed E-state index contributed by atoms with van der Waals surface area (Å²) in [4.78, 5) is 0. The van der Waals surface area contributed by atoms with E-state index in [0.29, 0.717) is 5.76 Å². The SMILES string of the molecule is C=C(OC1(C(C)(C)C)CCCCC1)C(N)(I)C(N)CC. The lowest BCUT2D eigenvalue weighted by molar-refractivity contribution is -0.111. The van der Waals surface area contributed by atoms with Crippen molar-refractivity contribution in [1.82, 2.24) is 0 Å². The van der Waals surface area contributed by atoms with E-state index < -0.39 is 3.55 Å². The highest BCUT2D eigenvalue weighted by Gasteiger charge is 2.47. The Morgan fingerprint density at radius 1 is 1.30 bits per heavy atom. The van der Waals surface area contributed by atoms with Gasteiger partial charge in [0.1, 0.15) is 14.9 Å². The van der Waals surface area contributed by atoms with Crippen molar-refractivity contribution < 1.29 is 4.74 Å². The highest BCUT2D eigenvalue weighted by Crippen LogP contribution is 2.47. The molecule has 0 spiro atoms. The van der Waals surface area contributed by atoms with Crippen LogP contribution in [0, 0.1) is 5.41 Å². The van der Waals surface area contributed by atoms with Crippen molar-refractivity contribution in [2.45, 2.75) is 81.4 Å². The standard InChI is InChI=1S/C16H31IN2O/c1-6-13(18)16(17,19)12(2)20-15(14(3,4)5)10-8-7-9-11-15/h13H,2,6-11,18-19H2,1,3-5H3. The highest BCUT2D eigenvalue weighted by atomic mass is 127. The summed E-state index contributed by atoms with van der Waals surface area (Å²) < 4.78 is 5.72. The van der Waals surface area contributed by atoms with Crippen LogP contribution in [-0.4, -0.2) is 15.2 Å². The highest BCUT2D eigenvalue weighted by molar-refractivity contribution is 14.1. The number of rotatable bonds is 5. The smallest absolute Gasteiger partial charge is 0.140 e. The molecule has 0 aromatic rings. The van der Waals surface area contributed by atoms with Crippen molar-refractivity contribution in [3.05, 3.63) is 12.3 Å². The van der Waals surface area contributed by atoms with Gasteiger partial charge in [0.2, 0.25) is 0 Å². The first-order valence-corrected chi connectivity index (χ1v) is 8.76. The fraction of sp³-hybridized carbons (Fsp3) is 0.875. The number of alkyl halides is 1. The molecule has 4 N–H and O–H groups in total. The Bertz CT molecular complexity index is 341. The second-order valence-electron chi connectivity index (χ2n) is 7.11. The maximum absolute atomic E-state index is 6.42. The monoisotopic (exact) mass is 394 g/mol. The molecule has 4 heteroatoms. The van der Waals surface area contributed by atoms with Crippen molar-refractivity contribution in [3.63, 3.8) is 0 Å². The quantitative estimate of drug-likeness (QED) is 0.320. The van der Waals surface area contributed by atoms with Gasteiger partial charge in [0, 0.05) is 11.5 Å². The number of hydrogen-bond acceptors (Lipinski definition) is 3. The Balaban J connectivity index is 2.94. The molecule has 20 heavy (non-hydrogen) atoms. The van der Waals surface area contributed by atoms with Gasteiger partial charge in [-0.25, -0.2) is 0 Å². The van der Waals surface area contributed by atoms with E-state index in [1.54, 1.807) is 0 Å². The molecule has 3 nitrogen and oxygen atoms in total. The number of halogens is 1. The zero-order chi connectivity index (χ0) is 15.6. The van der Waals surface area contributed by atoms with Crippen molar-refractivity contribution in [2.24, 2.45) is 16.9 Å². The Morgan fingerprint density at radius 2 is 1.80 bits per heavy atom. The van der Waals surface area contributed by atoms with E-state index in [1.165, 1.54) is 19.3 Å². The summed E-state index contributed by atoms with van der Waals surface area (Å²) in [6.07, 6.45) is 6.67. The van der Waals surface area contributed by atoms with Crippen LogP contribution < -0.4 is 11.5 Å². The van der Waals surface area contributed by atoms with Gasteiger partial charge in [-0.2, -0.15) is 0 Å². The van der Waals surface area contributed by atoms with Crippen LogP contribution in [0.15, 0.2) is 12.3 Å². The summed E-state index contributed by atoms with van der Waals surface area (Å²) in [5, 5.41) is 0. The zero-order valence-corrected chi connectivity index (χ0v) is 15.6. The molecule has 0 saturated heterocycles. The Hall–Kier alpha value is 0.190. The van der Waals surface area contributed by atoms with E-state index in [4.69, 9.17) is 16.2 Å². The Kier molecular flexibility index (Phi) is 5.95. The van der Waals surface area contributed by atoms with Crippen molar-refractivity contribution in [1.29, 1.82) is 0 Å². The third-order valence-corrected chi connectivity index (χ3v) is 6.16. The van der Waals surface area contributed by atoms with Crippen LogP contribution in [0.2, 0.25) is 0 Å². The summed E-state index contributed by atoms with van der Waals surface area (Å²) in [5.41, 5.74) is 12.4. The lowest BCUT2D eigenvalue weighted by atomic mass is 9.68. The van der Waals surface area contributed by atoms with E-state index in [-0.39, 0.29) is 17.1 Å². The molecule has 1 saturated carbocycles. The van der Waals surface area contributed by atoms with Crippen molar-refractivity contribution in [3.8, 4) is 0 Å². The number of hydrogen-bond donors (Lipinski definition) is 2. The molecule has 1 fully saturated rings. The third kappa shape index (κ3) is 3.69. The van der Waals surface area contributed by atoms with E-state index in [2.05, 4.69) is 49.9 Å². The van der Waals surface area contributed by atoms with Crippen LogP contribution >= 0.6 is 22.6 Å². The number of ether oxygens (including phenoxy) is 1. The van der Waals surface area contributed by atoms with Gasteiger partial charge in [-0.1, -0.05) is 63.3 Å². The van der Waals surface area contributed by atoms with Gasteiger partial charge in [-0.3, -0.25) is 0 Å². The topological polar surface area (TPSA) is 61.3 Å². The fourth-order valence-corrected chi connectivity index (χ4v) is 3.50. The Morgan fingerprint density at radius 3 is 2.20 bits per heavy atom. The molecular formula is C16H31IN2O. The summed E-state index contributed by atoms with van der Waals surface area (Å²) in [7, 11) is 0. The zero-order valence-electron chi connectivity index (χ0n) is 13.5.